The average molecular weight is 545 g/mol. The van der Waals surface area contributed by atoms with Crippen molar-refractivity contribution in [2.45, 2.75) is 200 Å². The second-order valence-electron chi connectivity index (χ2n) is 11.6. The molecule has 0 aliphatic heterocycles. The van der Waals surface area contributed by atoms with E-state index in [0.717, 1.165) is 32.1 Å². The van der Waals surface area contributed by atoms with Gasteiger partial charge in [0.1, 0.15) is 0 Å². The van der Waals surface area contributed by atoms with Crippen LogP contribution >= 0.6 is 0 Å². The van der Waals surface area contributed by atoms with Crippen molar-refractivity contribution in [1.82, 2.24) is 0 Å². The molecule has 0 aromatic rings. The molecule has 0 spiro atoms. The monoisotopic (exact) mass is 544 g/mol. The van der Waals surface area contributed by atoms with E-state index in [1.54, 1.807) is 0 Å². The van der Waals surface area contributed by atoms with Gasteiger partial charge in [0.2, 0.25) is 0 Å². The fourth-order valence-electron chi connectivity index (χ4n) is 5.19. The first kappa shape index (κ1) is 36.9. The Morgan fingerprint density at radius 1 is 0.351 bits per heavy atom. The third-order valence-electron chi connectivity index (χ3n) is 7.76. The van der Waals surface area contributed by atoms with Gasteiger partial charge in [-0.1, -0.05) is 187 Å². The lowest BCUT2D eigenvalue weighted by Gasteiger charge is -2.06. The van der Waals surface area contributed by atoms with Gasteiger partial charge in [0, 0.05) is 0 Å². The second-order valence-corrected chi connectivity index (χ2v) is 13.4. The van der Waals surface area contributed by atoms with Crippen LogP contribution in [0, 0.1) is 0 Å². The Morgan fingerprint density at radius 2 is 0.595 bits per heavy atom. The minimum Gasteiger partial charge on any atom is -0.270 e. The van der Waals surface area contributed by atoms with Gasteiger partial charge in [-0.2, -0.15) is 8.42 Å². The predicted molar refractivity (Wildman–Crippen MR) is 165 cm³/mol. The SMILES string of the molecule is CCCCCCCCCCCCCCCCCCCCCOS(=O)(=O)CCCCCCCCCCCC. The molecule has 0 aliphatic rings. The molecule has 0 saturated heterocycles. The highest BCUT2D eigenvalue weighted by Crippen LogP contribution is 2.15. The van der Waals surface area contributed by atoms with Crippen molar-refractivity contribution in [3.8, 4) is 0 Å². The summed E-state index contributed by atoms with van der Waals surface area (Å²) in [5, 5.41) is 0. The summed E-state index contributed by atoms with van der Waals surface area (Å²) >= 11 is 0. The Kier molecular flexibility index (Phi) is 30.4. The highest BCUT2D eigenvalue weighted by molar-refractivity contribution is 7.86. The summed E-state index contributed by atoms with van der Waals surface area (Å²) in [6.07, 6.45) is 37.8. The van der Waals surface area contributed by atoms with Crippen LogP contribution < -0.4 is 0 Å². The lowest BCUT2D eigenvalue weighted by molar-refractivity contribution is 0.305. The number of rotatable bonds is 32. The zero-order valence-electron chi connectivity index (χ0n) is 25.6. The minimum absolute atomic E-state index is 0.197. The van der Waals surface area contributed by atoms with Gasteiger partial charge in [0.25, 0.3) is 10.1 Å². The smallest absolute Gasteiger partial charge is 0.267 e. The maximum atomic E-state index is 12.0. The minimum atomic E-state index is -3.31. The van der Waals surface area contributed by atoms with Crippen LogP contribution in [0.1, 0.15) is 200 Å². The molecule has 0 rings (SSSR count). The van der Waals surface area contributed by atoms with E-state index < -0.39 is 10.1 Å². The van der Waals surface area contributed by atoms with E-state index in [4.69, 9.17) is 4.18 Å². The first-order chi connectivity index (χ1) is 18.1. The molecular formula is C33H68O3S. The number of hydrogen-bond acceptors (Lipinski definition) is 3. The number of unbranched alkanes of at least 4 members (excludes halogenated alkanes) is 27. The zero-order valence-corrected chi connectivity index (χ0v) is 26.4. The Bertz CT molecular complexity index is 518. The molecule has 0 fully saturated rings. The largest absolute Gasteiger partial charge is 0.270 e. The zero-order chi connectivity index (χ0) is 27.1. The van der Waals surface area contributed by atoms with Gasteiger partial charge in [-0.3, -0.25) is 4.18 Å². The van der Waals surface area contributed by atoms with E-state index in [9.17, 15) is 8.42 Å². The van der Waals surface area contributed by atoms with E-state index in [1.165, 1.54) is 154 Å². The van der Waals surface area contributed by atoms with Crippen LogP contribution in [-0.2, 0) is 14.3 Å². The molecule has 0 N–H and O–H groups in total. The molecule has 4 heteroatoms. The van der Waals surface area contributed by atoms with E-state index in [0.29, 0.717) is 6.61 Å². The Morgan fingerprint density at radius 3 is 0.892 bits per heavy atom. The highest BCUT2D eigenvalue weighted by Gasteiger charge is 2.10. The van der Waals surface area contributed by atoms with Gasteiger partial charge in [-0.15, -0.1) is 0 Å². The molecule has 224 valence electrons. The Hall–Kier alpha value is -0.0900. The number of hydrogen-bond donors (Lipinski definition) is 0. The van der Waals surface area contributed by atoms with Crippen LogP contribution in [0.2, 0.25) is 0 Å². The fourth-order valence-corrected chi connectivity index (χ4v) is 6.24. The van der Waals surface area contributed by atoms with Gasteiger partial charge in [0.05, 0.1) is 12.4 Å². The maximum Gasteiger partial charge on any atom is 0.267 e. The van der Waals surface area contributed by atoms with Gasteiger partial charge in [-0.25, -0.2) is 0 Å². The Balaban J connectivity index is 3.25. The molecule has 0 aromatic heterocycles. The average Bonchev–Trinajstić information content (AvgIpc) is 2.88. The van der Waals surface area contributed by atoms with E-state index >= 15 is 0 Å². The van der Waals surface area contributed by atoms with Crippen molar-refractivity contribution in [2.24, 2.45) is 0 Å². The van der Waals surface area contributed by atoms with Crippen molar-refractivity contribution in [3.05, 3.63) is 0 Å². The van der Waals surface area contributed by atoms with E-state index in [2.05, 4.69) is 13.8 Å². The van der Waals surface area contributed by atoms with Crippen molar-refractivity contribution in [2.75, 3.05) is 12.4 Å². The quantitative estimate of drug-likeness (QED) is 0.0624. The summed E-state index contributed by atoms with van der Waals surface area (Å²) in [7, 11) is -3.31. The third-order valence-corrected chi connectivity index (χ3v) is 9.07. The first-order valence-electron chi connectivity index (χ1n) is 17.0. The Labute approximate surface area is 234 Å². The molecule has 0 unspecified atom stereocenters. The first-order valence-corrected chi connectivity index (χ1v) is 18.6. The van der Waals surface area contributed by atoms with E-state index in [-0.39, 0.29) is 5.75 Å². The molecule has 0 amide bonds. The van der Waals surface area contributed by atoms with Crippen LogP contribution in [0.5, 0.6) is 0 Å². The normalized spacial score (nSPS) is 11.9. The predicted octanol–water partition coefficient (Wildman–Crippen LogP) is 11.7. The molecule has 0 atom stereocenters. The summed E-state index contributed by atoms with van der Waals surface area (Å²) in [5.74, 6) is 0.197. The molecule has 0 heterocycles. The topological polar surface area (TPSA) is 43.4 Å². The van der Waals surface area contributed by atoms with Crippen LogP contribution in [0.15, 0.2) is 0 Å². The second kappa shape index (κ2) is 30.5. The molecule has 37 heavy (non-hydrogen) atoms. The fraction of sp³-hybridized carbons (Fsp3) is 1.00. The van der Waals surface area contributed by atoms with Crippen LogP contribution in [0.4, 0.5) is 0 Å². The standard InChI is InChI=1S/C33H68O3S/c1-3-5-7-9-11-13-15-16-17-18-19-20-21-22-23-24-26-28-30-32-36-37(34,35)33-31-29-27-25-14-12-10-8-6-4-2/h3-33H2,1-2H3. The van der Waals surface area contributed by atoms with Crippen molar-refractivity contribution in [1.29, 1.82) is 0 Å². The highest BCUT2D eigenvalue weighted by atomic mass is 32.2. The van der Waals surface area contributed by atoms with E-state index in [1.807, 2.05) is 0 Å². The van der Waals surface area contributed by atoms with Gasteiger partial charge >= 0.3 is 0 Å². The molecule has 3 nitrogen and oxygen atoms in total. The molecule has 0 radical (unpaired) electrons. The van der Waals surface area contributed by atoms with Gasteiger partial charge in [0.15, 0.2) is 0 Å². The maximum absolute atomic E-state index is 12.0. The molecule has 0 aliphatic carbocycles. The summed E-state index contributed by atoms with van der Waals surface area (Å²) in [6, 6.07) is 0. The molecule has 0 saturated carbocycles. The lowest BCUT2D eigenvalue weighted by atomic mass is 10.0. The van der Waals surface area contributed by atoms with Gasteiger partial charge < -0.3 is 0 Å². The van der Waals surface area contributed by atoms with Crippen LogP contribution in [-0.4, -0.2) is 20.8 Å². The third kappa shape index (κ3) is 32.0. The van der Waals surface area contributed by atoms with Crippen LogP contribution in [0.25, 0.3) is 0 Å². The summed E-state index contributed by atoms with van der Waals surface area (Å²) in [5.41, 5.74) is 0. The molecule has 0 aromatic carbocycles. The summed E-state index contributed by atoms with van der Waals surface area (Å²) in [6.45, 7) is 4.91. The van der Waals surface area contributed by atoms with Crippen molar-refractivity contribution >= 4 is 10.1 Å². The van der Waals surface area contributed by atoms with Crippen molar-refractivity contribution < 1.29 is 12.6 Å². The lowest BCUT2D eigenvalue weighted by Crippen LogP contribution is -2.11. The molecule has 0 bridgehead atoms. The van der Waals surface area contributed by atoms with Crippen LogP contribution in [0.3, 0.4) is 0 Å². The summed E-state index contributed by atoms with van der Waals surface area (Å²) < 4.78 is 29.3. The van der Waals surface area contributed by atoms with Gasteiger partial charge in [-0.05, 0) is 12.8 Å². The molecular weight excluding hydrogens is 476 g/mol. The van der Waals surface area contributed by atoms with Crippen molar-refractivity contribution in [3.63, 3.8) is 0 Å². The summed E-state index contributed by atoms with van der Waals surface area (Å²) in [4.78, 5) is 0.